The van der Waals surface area contributed by atoms with Crippen molar-refractivity contribution in [1.82, 2.24) is 4.98 Å². The van der Waals surface area contributed by atoms with Gasteiger partial charge in [-0.2, -0.15) is 0 Å². The van der Waals surface area contributed by atoms with E-state index < -0.39 is 4.92 Å². The summed E-state index contributed by atoms with van der Waals surface area (Å²) in [4.78, 5) is 25.9. The van der Waals surface area contributed by atoms with E-state index in [2.05, 4.69) is 4.98 Å². The first kappa shape index (κ1) is 13.3. The molecule has 21 heavy (non-hydrogen) atoms. The van der Waals surface area contributed by atoms with Gasteiger partial charge in [0.05, 0.1) is 9.95 Å². The van der Waals surface area contributed by atoms with Crippen molar-refractivity contribution in [1.29, 1.82) is 0 Å². The van der Waals surface area contributed by atoms with Gasteiger partial charge in [0, 0.05) is 28.8 Å². The number of aromatic amines is 1. The lowest BCUT2D eigenvalue weighted by Gasteiger charge is -2.02. The molecule has 5 nitrogen and oxygen atoms in total. The third-order valence-corrected chi connectivity index (χ3v) is 3.58. The van der Waals surface area contributed by atoms with E-state index in [1.165, 1.54) is 12.3 Å². The summed E-state index contributed by atoms with van der Waals surface area (Å²) in [5.74, 6) is -0.271. The molecule has 3 aromatic rings. The predicted octanol–water partition coefficient (Wildman–Crippen LogP) is 3.96. The maximum absolute atomic E-state index is 12.5. The number of nitrogens with one attached hydrogen (secondary N) is 1. The van der Waals surface area contributed by atoms with Gasteiger partial charge in [0.2, 0.25) is 0 Å². The van der Waals surface area contributed by atoms with Gasteiger partial charge >= 0.3 is 0 Å². The zero-order chi connectivity index (χ0) is 15.0. The molecule has 1 heterocycles. The molecule has 1 N–H and O–H groups in total. The first-order valence-corrected chi connectivity index (χ1v) is 6.51. The highest BCUT2D eigenvalue weighted by Crippen LogP contribution is 2.29. The van der Waals surface area contributed by atoms with Gasteiger partial charge in [-0.05, 0) is 12.1 Å². The molecule has 0 fully saturated rings. The normalized spacial score (nSPS) is 10.7. The highest BCUT2D eigenvalue weighted by Gasteiger charge is 2.20. The second-order valence-electron chi connectivity index (χ2n) is 4.47. The van der Waals surface area contributed by atoms with Gasteiger partial charge in [-0.25, -0.2) is 0 Å². The van der Waals surface area contributed by atoms with Crippen LogP contribution in [0.4, 0.5) is 5.69 Å². The molecule has 0 saturated carbocycles. The van der Waals surface area contributed by atoms with E-state index >= 15 is 0 Å². The number of H-pyrrole nitrogens is 1. The van der Waals surface area contributed by atoms with Crippen LogP contribution in [-0.4, -0.2) is 15.7 Å². The van der Waals surface area contributed by atoms with Gasteiger partial charge in [-0.15, -0.1) is 0 Å². The Kier molecular flexibility index (Phi) is 3.19. The quantitative estimate of drug-likeness (QED) is 0.452. The minimum Gasteiger partial charge on any atom is -0.355 e. The average Bonchev–Trinajstić information content (AvgIpc) is 2.90. The van der Waals surface area contributed by atoms with Crippen LogP contribution in [0.5, 0.6) is 0 Å². The summed E-state index contributed by atoms with van der Waals surface area (Å²) in [7, 11) is 0. The third kappa shape index (κ3) is 2.17. The van der Waals surface area contributed by atoms with Crippen LogP contribution in [0.25, 0.3) is 10.9 Å². The fourth-order valence-corrected chi connectivity index (χ4v) is 2.49. The number of carbonyl (C=O) groups excluding carboxylic acids is 1. The Bertz CT molecular complexity index is 870. The van der Waals surface area contributed by atoms with E-state index in [1.54, 1.807) is 36.4 Å². The molecule has 0 unspecified atom stereocenters. The highest BCUT2D eigenvalue weighted by atomic mass is 35.5. The van der Waals surface area contributed by atoms with Crippen LogP contribution in [0.15, 0.2) is 48.7 Å². The topological polar surface area (TPSA) is 76.0 Å². The molecule has 0 aliphatic rings. The fourth-order valence-electron chi connectivity index (χ4n) is 2.27. The van der Waals surface area contributed by atoms with Gasteiger partial charge in [-0.3, -0.25) is 14.9 Å². The molecule has 0 amide bonds. The smallest absolute Gasteiger partial charge is 0.293 e. The minimum atomic E-state index is -0.484. The number of ketones is 1. The van der Waals surface area contributed by atoms with Crippen molar-refractivity contribution < 1.29 is 9.72 Å². The number of hydrogen-bond acceptors (Lipinski definition) is 3. The molecule has 6 heteroatoms. The molecule has 1 aromatic heterocycles. The van der Waals surface area contributed by atoms with Crippen molar-refractivity contribution in [3.05, 3.63) is 74.9 Å². The van der Waals surface area contributed by atoms with Crippen molar-refractivity contribution in [3.8, 4) is 0 Å². The lowest BCUT2D eigenvalue weighted by Crippen LogP contribution is -2.01. The number of nitro groups is 1. The predicted molar refractivity (Wildman–Crippen MR) is 79.8 cm³/mol. The van der Waals surface area contributed by atoms with Crippen molar-refractivity contribution in [2.75, 3.05) is 0 Å². The van der Waals surface area contributed by atoms with E-state index in [-0.39, 0.29) is 11.5 Å². The number of aromatic nitrogens is 1. The Morgan fingerprint density at radius 2 is 1.86 bits per heavy atom. The van der Waals surface area contributed by atoms with Crippen molar-refractivity contribution >= 4 is 34.0 Å². The Balaban J connectivity index is 2.18. The Morgan fingerprint density at radius 3 is 2.57 bits per heavy atom. The second kappa shape index (κ2) is 5.03. The molecule has 104 valence electrons. The van der Waals surface area contributed by atoms with Gasteiger partial charge in [0.15, 0.2) is 5.78 Å². The Hall–Kier alpha value is -2.66. The van der Waals surface area contributed by atoms with Crippen LogP contribution in [-0.2, 0) is 0 Å². The lowest BCUT2D eigenvalue weighted by molar-refractivity contribution is -0.383. The van der Waals surface area contributed by atoms with Crippen LogP contribution in [0, 0.1) is 10.1 Å². The largest absolute Gasteiger partial charge is 0.355 e. The standard InChI is InChI=1S/C15H9ClN2O3/c16-12-6-2-1-4-10(12)15(19)11-8-17-14-9(11)5-3-7-13(14)18(20)21/h1-8,17H. The molecular weight excluding hydrogens is 292 g/mol. The first-order chi connectivity index (χ1) is 10.1. The third-order valence-electron chi connectivity index (χ3n) is 3.25. The summed E-state index contributed by atoms with van der Waals surface area (Å²) >= 11 is 6.03. The van der Waals surface area contributed by atoms with Crippen molar-refractivity contribution in [2.45, 2.75) is 0 Å². The first-order valence-electron chi connectivity index (χ1n) is 6.13. The number of para-hydroxylation sites is 1. The van der Waals surface area contributed by atoms with Crippen molar-refractivity contribution in [2.24, 2.45) is 0 Å². The van der Waals surface area contributed by atoms with Gasteiger partial charge in [-0.1, -0.05) is 35.9 Å². The van der Waals surface area contributed by atoms with Crippen LogP contribution < -0.4 is 0 Å². The fraction of sp³-hybridized carbons (Fsp3) is 0. The molecule has 0 bridgehead atoms. The highest BCUT2D eigenvalue weighted by molar-refractivity contribution is 6.35. The maximum atomic E-state index is 12.5. The Morgan fingerprint density at radius 1 is 1.10 bits per heavy atom. The summed E-state index contributed by atoms with van der Waals surface area (Å²) in [5, 5.41) is 11.9. The number of nitrogens with zero attached hydrogens (tertiary/aromatic N) is 1. The van der Waals surface area contributed by atoms with E-state index in [0.717, 1.165) is 0 Å². The molecule has 0 spiro atoms. The van der Waals surface area contributed by atoms with E-state index in [4.69, 9.17) is 11.6 Å². The molecule has 0 atom stereocenters. The molecule has 0 saturated heterocycles. The van der Waals surface area contributed by atoms with Gasteiger partial charge < -0.3 is 4.98 Å². The maximum Gasteiger partial charge on any atom is 0.293 e. The number of fused-ring (bicyclic) bond motifs is 1. The van der Waals surface area contributed by atoms with E-state index in [0.29, 0.717) is 27.1 Å². The second-order valence-corrected chi connectivity index (χ2v) is 4.88. The van der Waals surface area contributed by atoms with Crippen LogP contribution >= 0.6 is 11.6 Å². The molecule has 3 rings (SSSR count). The van der Waals surface area contributed by atoms with Crippen molar-refractivity contribution in [3.63, 3.8) is 0 Å². The van der Waals surface area contributed by atoms with Crippen LogP contribution in [0.3, 0.4) is 0 Å². The zero-order valence-electron chi connectivity index (χ0n) is 10.7. The van der Waals surface area contributed by atoms with Gasteiger partial charge in [0.1, 0.15) is 5.52 Å². The Labute approximate surface area is 124 Å². The average molecular weight is 301 g/mol. The van der Waals surface area contributed by atoms with Crippen LogP contribution in [0.1, 0.15) is 15.9 Å². The van der Waals surface area contributed by atoms with Gasteiger partial charge in [0.25, 0.3) is 5.69 Å². The summed E-state index contributed by atoms with van der Waals surface area (Å²) in [6.07, 6.45) is 1.48. The minimum absolute atomic E-state index is 0.0642. The molecule has 2 aromatic carbocycles. The number of non-ortho nitro benzene ring substituents is 1. The van der Waals surface area contributed by atoms with Crippen LogP contribution in [0.2, 0.25) is 5.02 Å². The number of halogens is 1. The number of hydrogen-bond donors (Lipinski definition) is 1. The number of benzene rings is 2. The molecular formula is C15H9ClN2O3. The number of nitro benzene ring substituents is 1. The number of carbonyl (C=O) groups is 1. The monoisotopic (exact) mass is 300 g/mol. The summed E-state index contributed by atoms with van der Waals surface area (Å²) < 4.78 is 0. The zero-order valence-corrected chi connectivity index (χ0v) is 11.4. The number of rotatable bonds is 3. The van der Waals surface area contributed by atoms with E-state index in [1.807, 2.05) is 0 Å². The lowest BCUT2D eigenvalue weighted by atomic mass is 10.0. The summed E-state index contributed by atoms with van der Waals surface area (Å²) in [6, 6.07) is 11.3. The SMILES string of the molecule is O=C(c1ccccc1Cl)c1c[nH]c2c([N+](=O)[O-])cccc12. The summed E-state index contributed by atoms with van der Waals surface area (Å²) in [6.45, 7) is 0. The molecule has 0 aliphatic heterocycles. The van der Waals surface area contributed by atoms with E-state index in [9.17, 15) is 14.9 Å². The molecule has 0 aliphatic carbocycles. The molecule has 0 radical (unpaired) electrons. The summed E-state index contributed by atoms with van der Waals surface area (Å²) in [5.41, 5.74) is 0.997.